The Kier molecular flexibility index (Phi) is 8.53. The van der Waals surface area contributed by atoms with Gasteiger partial charge >= 0.3 is 0 Å². The summed E-state index contributed by atoms with van der Waals surface area (Å²) in [7, 11) is -2.23. The van der Waals surface area contributed by atoms with Crippen LogP contribution >= 0.6 is 11.3 Å². The van der Waals surface area contributed by atoms with Gasteiger partial charge in [-0.1, -0.05) is 24.3 Å². The van der Waals surface area contributed by atoms with Gasteiger partial charge in [0.25, 0.3) is 15.9 Å². The fourth-order valence-corrected chi connectivity index (χ4v) is 6.70. The van der Waals surface area contributed by atoms with E-state index in [-0.39, 0.29) is 10.8 Å². The fourth-order valence-electron chi connectivity index (χ4n) is 4.56. The van der Waals surface area contributed by atoms with Gasteiger partial charge in [-0.15, -0.1) is 0 Å². The zero-order chi connectivity index (χ0) is 28.1. The lowest BCUT2D eigenvalue weighted by Crippen LogP contribution is -2.48. The van der Waals surface area contributed by atoms with Crippen LogP contribution in [0, 0.1) is 0 Å². The summed E-state index contributed by atoms with van der Waals surface area (Å²) in [6.45, 7) is 7.10. The molecule has 0 saturated carbocycles. The van der Waals surface area contributed by atoms with Crippen molar-refractivity contribution >= 4 is 48.3 Å². The van der Waals surface area contributed by atoms with Crippen LogP contribution in [-0.2, 0) is 16.4 Å². The van der Waals surface area contributed by atoms with E-state index in [0.29, 0.717) is 23.5 Å². The summed E-state index contributed by atoms with van der Waals surface area (Å²) in [5.74, 6) is 0.385. The molecule has 40 heavy (non-hydrogen) atoms. The van der Waals surface area contributed by atoms with Gasteiger partial charge in [0, 0.05) is 50.5 Å². The minimum atomic E-state index is -3.75. The SMILES string of the molecule is CCc1ccc2nc(N3CCN(CCNC(=O)c4ccc(NS(=O)(=O)c5ccc(OC)cc5)cc4)CC3)sc2c1. The Morgan fingerprint density at radius 1 is 1.00 bits per heavy atom. The number of anilines is 2. The fraction of sp³-hybridized carbons (Fsp3) is 0.310. The second kappa shape index (κ2) is 12.2. The number of aromatic nitrogens is 1. The highest BCUT2D eigenvalue weighted by molar-refractivity contribution is 7.92. The van der Waals surface area contributed by atoms with Gasteiger partial charge in [0.2, 0.25) is 0 Å². The molecule has 1 saturated heterocycles. The number of amides is 1. The Bertz CT molecular complexity index is 1560. The smallest absolute Gasteiger partial charge is 0.261 e. The van der Waals surface area contributed by atoms with Crippen molar-refractivity contribution in [3.63, 3.8) is 0 Å². The Labute approximate surface area is 238 Å². The van der Waals surface area contributed by atoms with E-state index in [1.54, 1.807) is 47.7 Å². The van der Waals surface area contributed by atoms with Gasteiger partial charge in [-0.2, -0.15) is 0 Å². The van der Waals surface area contributed by atoms with E-state index in [0.717, 1.165) is 49.8 Å². The molecule has 11 heteroatoms. The molecule has 3 aromatic carbocycles. The number of ether oxygens (including phenoxy) is 1. The predicted octanol–water partition coefficient (Wildman–Crippen LogP) is 4.22. The average Bonchev–Trinajstić information content (AvgIpc) is 3.41. The maximum Gasteiger partial charge on any atom is 0.261 e. The van der Waals surface area contributed by atoms with Crippen LogP contribution < -0.4 is 19.7 Å². The van der Waals surface area contributed by atoms with Crippen molar-refractivity contribution in [2.24, 2.45) is 0 Å². The van der Waals surface area contributed by atoms with Gasteiger partial charge in [-0.3, -0.25) is 14.4 Å². The number of benzene rings is 3. The molecule has 1 aromatic heterocycles. The monoisotopic (exact) mass is 579 g/mol. The molecular formula is C29H33N5O4S2. The third-order valence-electron chi connectivity index (χ3n) is 6.98. The predicted molar refractivity (Wildman–Crippen MR) is 160 cm³/mol. The molecule has 2 N–H and O–H groups in total. The van der Waals surface area contributed by atoms with Crippen LogP contribution in [-0.4, -0.2) is 70.6 Å². The summed E-state index contributed by atoms with van der Waals surface area (Å²) < 4.78 is 34.1. The third-order valence-corrected chi connectivity index (χ3v) is 9.45. The van der Waals surface area contributed by atoms with E-state index >= 15 is 0 Å². The zero-order valence-electron chi connectivity index (χ0n) is 22.6. The molecule has 0 spiro atoms. The minimum absolute atomic E-state index is 0.126. The van der Waals surface area contributed by atoms with E-state index in [9.17, 15) is 13.2 Å². The molecule has 9 nitrogen and oxygen atoms in total. The first kappa shape index (κ1) is 27.9. The molecule has 1 fully saturated rings. The van der Waals surface area contributed by atoms with Crippen molar-refractivity contribution in [3.05, 3.63) is 77.9 Å². The second-order valence-corrected chi connectivity index (χ2v) is 12.3. The van der Waals surface area contributed by atoms with Gasteiger partial charge in [0.05, 0.1) is 22.2 Å². The number of fused-ring (bicyclic) bond motifs is 1. The van der Waals surface area contributed by atoms with Gasteiger partial charge in [-0.25, -0.2) is 13.4 Å². The first-order valence-electron chi connectivity index (χ1n) is 13.3. The molecule has 1 aliphatic rings. The summed E-state index contributed by atoms with van der Waals surface area (Å²) in [4.78, 5) is 22.3. The highest BCUT2D eigenvalue weighted by Crippen LogP contribution is 2.30. The maximum absolute atomic E-state index is 12.6. The molecule has 0 radical (unpaired) electrons. The number of hydrogen-bond acceptors (Lipinski definition) is 8. The second-order valence-electron chi connectivity index (χ2n) is 9.60. The lowest BCUT2D eigenvalue weighted by Gasteiger charge is -2.34. The highest BCUT2D eigenvalue weighted by atomic mass is 32.2. The van der Waals surface area contributed by atoms with E-state index in [4.69, 9.17) is 9.72 Å². The zero-order valence-corrected chi connectivity index (χ0v) is 24.2. The number of carbonyl (C=O) groups excluding carboxylic acids is 1. The molecule has 0 bridgehead atoms. The number of rotatable bonds is 10. The number of carbonyl (C=O) groups is 1. The largest absolute Gasteiger partial charge is 0.497 e. The van der Waals surface area contributed by atoms with Crippen LogP contribution in [0.3, 0.4) is 0 Å². The van der Waals surface area contributed by atoms with Crippen molar-refractivity contribution in [1.29, 1.82) is 0 Å². The number of methoxy groups -OCH3 is 1. The molecule has 1 aliphatic heterocycles. The van der Waals surface area contributed by atoms with E-state index in [1.807, 2.05) is 0 Å². The van der Waals surface area contributed by atoms with Crippen molar-refractivity contribution in [1.82, 2.24) is 15.2 Å². The lowest BCUT2D eigenvalue weighted by molar-refractivity contribution is 0.0948. The summed E-state index contributed by atoms with van der Waals surface area (Å²) >= 11 is 1.75. The molecule has 1 amide bonds. The topological polar surface area (TPSA) is 104 Å². The lowest BCUT2D eigenvalue weighted by atomic mass is 10.2. The van der Waals surface area contributed by atoms with E-state index in [2.05, 4.69) is 45.0 Å². The van der Waals surface area contributed by atoms with Gasteiger partial charge in [0.15, 0.2) is 5.13 Å². The van der Waals surface area contributed by atoms with Crippen LogP contribution in [0.1, 0.15) is 22.8 Å². The van der Waals surface area contributed by atoms with E-state index < -0.39 is 10.0 Å². The average molecular weight is 580 g/mol. The molecule has 210 valence electrons. The Morgan fingerprint density at radius 3 is 2.40 bits per heavy atom. The number of nitrogens with zero attached hydrogens (tertiary/aromatic N) is 3. The number of nitrogens with one attached hydrogen (secondary N) is 2. The van der Waals surface area contributed by atoms with Crippen molar-refractivity contribution < 1.29 is 17.9 Å². The molecule has 0 atom stereocenters. The van der Waals surface area contributed by atoms with Gasteiger partial charge in [-0.05, 0) is 72.6 Å². The number of piperazine rings is 1. The quantitative estimate of drug-likeness (QED) is 0.290. The first-order valence-corrected chi connectivity index (χ1v) is 15.6. The summed E-state index contributed by atoms with van der Waals surface area (Å²) in [5, 5.41) is 4.04. The van der Waals surface area contributed by atoms with Crippen molar-refractivity contribution in [2.75, 3.05) is 56.0 Å². The Hall–Kier alpha value is -3.67. The van der Waals surface area contributed by atoms with Crippen LogP contribution in [0.25, 0.3) is 10.2 Å². The number of aryl methyl sites for hydroxylation is 1. The van der Waals surface area contributed by atoms with Crippen LogP contribution in [0.4, 0.5) is 10.8 Å². The summed E-state index contributed by atoms with van der Waals surface area (Å²) in [5.41, 5.74) is 3.24. The number of hydrogen-bond donors (Lipinski definition) is 2. The molecule has 4 aromatic rings. The Morgan fingerprint density at radius 2 is 1.73 bits per heavy atom. The van der Waals surface area contributed by atoms with Crippen molar-refractivity contribution in [3.8, 4) is 5.75 Å². The molecule has 2 heterocycles. The third kappa shape index (κ3) is 6.55. The van der Waals surface area contributed by atoms with E-state index in [1.165, 1.54) is 29.5 Å². The minimum Gasteiger partial charge on any atom is -0.497 e. The molecule has 0 aliphatic carbocycles. The van der Waals surface area contributed by atoms with Crippen LogP contribution in [0.15, 0.2) is 71.6 Å². The van der Waals surface area contributed by atoms with Crippen molar-refractivity contribution in [2.45, 2.75) is 18.2 Å². The molecule has 0 unspecified atom stereocenters. The number of sulfonamides is 1. The standard InChI is InChI=1S/C29H33N5O4S2/c1-3-21-4-13-26-27(20-21)39-29(31-26)34-18-16-33(17-19-34)15-14-30-28(35)22-5-7-23(8-6-22)32-40(36,37)25-11-9-24(38-2)10-12-25/h4-13,20,32H,3,14-19H2,1-2H3,(H,30,35). The normalized spacial score (nSPS) is 14.3. The Balaban J connectivity index is 1.07. The first-order chi connectivity index (χ1) is 19.3. The van der Waals surface area contributed by atoms with Gasteiger partial charge < -0.3 is 15.0 Å². The summed E-state index contributed by atoms with van der Waals surface area (Å²) in [6.07, 6.45) is 1.02. The molecule has 5 rings (SSSR count). The summed E-state index contributed by atoms with van der Waals surface area (Å²) in [6, 6.07) is 19.0. The van der Waals surface area contributed by atoms with Crippen LogP contribution in [0.2, 0.25) is 0 Å². The number of thiazole rings is 1. The van der Waals surface area contributed by atoms with Gasteiger partial charge in [0.1, 0.15) is 5.75 Å². The maximum atomic E-state index is 12.6. The molecular weight excluding hydrogens is 546 g/mol. The highest BCUT2D eigenvalue weighted by Gasteiger charge is 2.20. The van der Waals surface area contributed by atoms with Crippen LogP contribution in [0.5, 0.6) is 5.75 Å².